The Morgan fingerprint density at radius 3 is 2.79 bits per heavy atom. The molecule has 1 heterocycles. The third-order valence-electron chi connectivity index (χ3n) is 1.47. The van der Waals surface area contributed by atoms with Crippen molar-refractivity contribution in [1.82, 2.24) is 9.97 Å². The minimum Gasteiger partial charge on any atom is -0.480 e. The molecule has 0 aliphatic heterocycles. The molecule has 1 aromatic rings. The molecule has 0 atom stereocenters. The molecule has 0 saturated carbocycles. The topological polar surface area (TPSA) is 68.0 Å². The van der Waals surface area contributed by atoms with E-state index in [1.54, 1.807) is 6.08 Å². The lowest BCUT2D eigenvalue weighted by molar-refractivity contribution is 0.351. The summed E-state index contributed by atoms with van der Waals surface area (Å²) in [5.74, 6) is 0.378. The Labute approximate surface area is 81.6 Å². The van der Waals surface area contributed by atoms with Crippen molar-refractivity contribution in [3.63, 3.8) is 0 Å². The molecular weight excluding hydrogens is 182 g/mol. The van der Waals surface area contributed by atoms with Gasteiger partial charge >= 0.3 is 6.01 Å². The Bertz CT molecular complexity index is 382. The highest BCUT2D eigenvalue weighted by atomic mass is 16.5. The SMILES string of the molecule is COc1ncc(C=CC#N)c(OC)n1. The standard InChI is InChI=1S/C9H9N3O2/c1-13-8-7(4-3-5-10)6-11-9(12-8)14-2/h3-4,6H,1-2H3. The smallest absolute Gasteiger partial charge is 0.319 e. The van der Waals surface area contributed by atoms with Crippen molar-refractivity contribution in [1.29, 1.82) is 5.26 Å². The summed E-state index contributed by atoms with van der Waals surface area (Å²) in [6.07, 6.45) is 4.42. The fourth-order valence-electron chi connectivity index (χ4n) is 0.863. The van der Waals surface area contributed by atoms with Gasteiger partial charge < -0.3 is 9.47 Å². The molecule has 72 valence electrons. The van der Waals surface area contributed by atoms with Crippen LogP contribution in [0.3, 0.4) is 0 Å². The maximum Gasteiger partial charge on any atom is 0.319 e. The van der Waals surface area contributed by atoms with Gasteiger partial charge in [-0.2, -0.15) is 10.2 Å². The lowest BCUT2D eigenvalue weighted by atomic mass is 10.3. The molecule has 0 unspecified atom stereocenters. The van der Waals surface area contributed by atoms with E-state index >= 15 is 0 Å². The van der Waals surface area contributed by atoms with E-state index in [1.807, 2.05) is 6.07 Å². The monoisotopic (exact) mass is 191 g/mol. The van der Waals surface area contributed by atoms with Crippen molar-refractivity contribution < 1.29 is 9.47 Å². The van der Waals surface area contributed by atoms with Crippen LogP contribution in [0.25, 0.3) is 6.08 Å². The second kappa shape index (κ2) is 4.82. The van der Waals surface area contributed by atoms with Crippen LogP contribution in [0, 0.1) is 11.3 Å². The van der Waals surface area contributed by atoms with Gasteiger partial charge in [0, 0.05) is 12.3 Å². The lowest BCUT2D eigenvalue weighted by Crippen LogP contribution is -1.97. The van der Waals surface area contributed by atoms with Crippen LogP contribution in [-0.2, 0) is 0 Å². The van der Waals surface area contributed by atoms with Crippen LogP contribution in [-0.4, -0.2) is 24.2 Å². The van der Waals surface area contributed by atoms with E-state index in [0.717, 1.165) is 0 Å². The van der Waals surface area contributed by atoms with Gasteiger partial charge in [0.1, 0.15) is 0 Å². The first-order chi connectivity index (χ1) is 6.81. The van der Waals surface area contributed by atoms with Crippen molar-refractivity contribution in [3.8, 4) is 18.0 Å². The first kappa shape index (κ1) is 9.99. The third kappa shape index (κ3) is 2.20. The molecule has 5 heteroatoms. The number of rotatable bonds is 3. The minimum absolute atomic E-state index is 0.232. The van der Waals surface area contributed by atoms with Crippen molar-refractivity contribution >= 4 is 6.08 Å². The van der Waals surface area contributed by atoms with Crippen LogP contribution < -0.4 is 9.47 Å². The highest BCUT2D eigenvalue weighted by molar-refractivity contribution is 5.55. The van der Waals surface area contributed by atoms with Crippen LogP contribution in [0.5, 0.6) is 11.9 Å². The van der Waals surface area contributed by atoms with Crippen molar-refractivity contribution in [2.45, 2.75) is 0 Å². The normalized spacial score (nSPS) is 9.79. The second-order valence-electron chi connectivity index (χ2n) is 2.28. The molecule has 0 fully saturated rings. The first-order valence-electron chi connectivity index (χ1n) is 3.83. The molecule has 0 aliphatic rings. The number of methoxy groups -OCH3 is 2. The Hall–Kier alpha value is -2.09. The molecule has 5 nitrogen and oxygen atoms in total. The number of hydrogen-bond donors (Lipinski definition) is 0. The van der Waals surface area contributed by atoms with Gasteiger partial charge in [-0.15, -0.1) is 0 Å². The van der Waals surface area contributed by atoms with E-state index in [1.165, 1.54) is 26.5 Å². The molecule has 0 aromatic carbocycles. The molecule has 1 aromatic heterocycles. The predicted molar refractivity (Wildman–Crippen MR) is 49.8 cm³/mol. The molecule has 1 rings (SSSR count). The zero-order valence-electron chi connectivity index (χ0n) is 7.89. The zero-order chi connectivity index (χ0) is 10.4. The van der Waals surface area contributed by atoms with Crippen molar-refractivity contribution in [2.75, 3.05) is 14.2 Å². The van der Waals surface area contributed by atoms with E-state index in [4.69, 9.17) is 14.7 Å². The van der Waals surface area contributed by atoms with Crippen molar-refractivity contribution in [3.05, 3.63) is 17.8 Å². The van der Waals surface area contributed by atoms with Crippen LogP contribution in [0.2, 0.25) is 0 Å². The van der Waals surface area contributed by atoms with E-state index in [-0.39, 0.29) is 6.01 Å². The third-order valence-corrected chi connectivity index (χ3v) is 1.47. The summed E-state index contributed by atoms with van der Waals surface area (Å²) in [5, 5.41) is 8.35. The maximum absolute atomic E-state index is 8.35. The number of nitrogens with zero attached hydrogens (tertiary/aromatic N) is 3. The number of allylic oxidation sites excluding steroid dienone is 1. The summed E-state index contributed by atoms with van der Waals surface area (Å²) in [7, 11) is 2.96. The Morgan fingerprint density at radius 2 is 2.21 bits per heavy atom. The van der Waals surface area contributed by atoms with Gasteiger partial charge in [-0.3, -0.25) is 0 Å². The second-order valence-corrected chi connectivity index (χ2v) is 2.28. The summed E-state index contributed by atoms with van der Waals surface area (Å²) in [6, 6.07) is 2.11. The van der Waals surface area contributed by atoms with E-state index in [0.29, 0.717) is 11.4 Å². The highest BCUT2D eigenvalue weighted by Crippen LogP contribution is 2.17. The quantitative estimate of drug-likeness (QED) is 0.667. The molecule has 0 spiro atoms. The predicted octanol–water partition coefficient (Wildman–Crippen LogP) is 1.03. The fourth-order valence-corrected chi connectivity index (χ4v) is 0.863. The summed E-state index contributed by atoms with van der Waals surface area (Å²) < 4.78 is 9.82. The molecule has 0 radical (unpaired) electrons. The summed E-state index contributed by atoms with van der Waals surface area (Å²) in [6.45, 7) is 0. The van der Waals surface area contributed by atoms with Gasteiger partial charge in [0.2, 0.25) is 5.88 Å². The molecule has 0 N–H and O–H groups in total. The lowest BCUT2D eigenvalue weighted by Gasteiger charge is -2.03. The van der Waals surface area contributed by atoms with Gasteiger partial charge in [0.25, 0.3) is 0 Å². The van der Waals surface area contributed by atoms with Crippen LogP contribution in [0.15, 0.2) is 12.3 Å². The van der Waals surface area contributed by atoms with Crippen LogP contribution in [0.1, 0.15) is 5.56 Å². The molecule has 14 heavy (non-hydrogen) atoms. The van der Waals surface area contributed by atoms with E-state index in [9.17, 15) is 0 Å². The summed E-state index contributed by atoms with van der Waals surface area (Å²) in [5.41, 5.74) is 0.634. The molecule has 0 aliphatic carbocycles. The summed E-state index contributed by atoms with van der Waals surface area (Å²) >= 11 is 0. The number of nitriles is 1. The zero-order valence-corrected chi connectivity index (χ0v) is 7.89. The van der Waals surface area contributed by atoms with E-state index in [2.05, 4.69) is 9.97 Å². The van der Waals surface area contributed by atoms with Gasteiger partial charge in [-0.1, -0.05) is 0 Å². The Balaban J connectivity index is 3.06. The molecule has 0 saturated heterocycles. The fraction of sp³-hybridized carbons (Fsp3) is 0.222. The van der Waals surface area contributed by atoms with Crippen LogP contribution in [0.4, 0.5) is 0 Å². The number of hydrogen-bond acceptors (Lipinski definition) is 5. The van der Waals surface area contributed by atoms with Crippen molar-refractivity contribution in [2.24, 2.45) is 0 Å². The van der Waals surface area contributed by atoms with E-state index < -0.39 is 0 Å². The minimum atomic E-state index is 0.232. The van der Waals surface area contributed by atoms with Gasteiger partial charge in [-0.25, -0.2) is 4.98 Å². The highest BCUT2D eigenvalue weighted by Gasteiger charge is 2.04. The first-order valence-corrected chi connectivity index (χ1v) is 3.83. The molecule has 0 amide bonds. The van der Waals surface area contributed by atoms with Gasteiger partial charge in [-0.05, 0) is 6.08 Å². The van der Waals surface area contributed by atoms with Gasteiger partial charge in [0.15, 0.2) is 0 Å². The number of ether oxygens (including phenoxy) is 2. The Kier molecular flexibility index (Phi) is 3.44. The average Bonchev–Trinajstić information content (AvgIpc) is 2.26. The average molecular weight is 191 g/mol. The summed E-state index contributed by atoms with van der Waals surface area (Å²) in [4.78, 5) is 7.83. The maximum atomic E-state index is 8.35. The van der Waals surface area contributed by atoms with Gasteiger partial charge in [0.05, 0.1) is 25.9 Å². The van der Waals surface area contributed by atoms with Crippen LogP contribution >= 0.6 is 0 Å². The number of aromatic nitrogens is 2. The molecule has 0 bridgehead atoms. The molecular formula is C9H9N3O2. The Morgan fingerprint density at radius 1 is 1.43 bits per heavy atom. The largest absolute Gasteiger partial charge is 0.480 e.